The first-order valence-electron chi connectivity index (χ1n) is 13.3. The van der Waals surface area contributed by atoms with Gasteiger partial charge in [0.2, 0.25) is 6.10 Å². The van der Waals surface area contributed by atoms with Crippen molar-refractivity contribution in [3.05, 3.63) is 59.7 Å². The Morgan fingerprint density at radius 1 is 0.805 bits per heavy atom. The molecule has 0 saturated carbocycles. The Morgan fingerprint density at radius 2 is 1.41 bits per heavy atom. The molecule has 0 spiro atoms. The molecule has 0 bridgehead atoms. The second kappa shape index (κ2) is 16.0. The smallest absolute Gasteiger partial charge is 0.416 e. The average molecular weight is 585 g/mol. The van der Waals surface area contributed by atoms with Crippen molar-refractivity contribution in [2.75, 3.05) is 26.4 Å². The van der Waals surface area contributed by atoms with E-state index in [1.807, 2.05) is 0 Å². The first-order chi connectivity index (χ1) is 19.5. The van der Waals surface area contributed by atoms with Gasteiger partial charge in [0.05, 0.1) is 25.4 Å². The van der Waals surface area contributed by atoms with Gasteiger partial charge in [0.15, 0.2) is 0 Å². The number of unbranched alkanes of at least 4 members (excludes halogenated alkanes) is 2. The standard InChI is InChI=1S/C29H35F3O9/c1-4-37-25(33)24(28(36,26(34)38-5-2)27(35)39-6-3)40-18-9-7-8-11-20-14-16-22(17-15-20)41-23-13-10-12-21(19-23)29(30,31)32/h10,12-17,19,24,36H,4-9,11,18H2,1-3H3. The lowest BCUT2D eigenvalue weighted by molar-refractivity contribution is -0.208. The Bertz CT molecular complexity index is 1120. The van der Waals surface area contributed by atoms with Crippen LogP contribution in [-0.2, 0) is 45.9 Å². The van der Waals surface area contributed by atoms with Crippen LogP contribution in [0.1, 0.15) is 51.2 Å². The third-order valence-electron chi connectivity index (χ3n) is 5.77. The number of aliphatic hydroxyl groups is 1. The number of carbonyl (C=O) groups is 3. The number of aryl methyl sites for hydroxylation is 1. The number of ether oxygens (including phenoxy) is 5. The summed E-state index contributed by atoms with van der Waals surface area (Å²) in [6.45, 7) is 4.00. The van der Waals surface area contributed by atoms with Crippen molar-refractivity contribution in [2.45, 2.75) is 64.3 Å². The van der Waals surface area contributed by atoms with E-state index in [9.17, 15) is 32.7 Å². The van der Waals surface area contributed by atoms with Crippen LogP contribution in [0.3, 0.4) is 0 Å². The summed E-state index contributed by atoms with van der Waals surface area (Å²) in [6, 6.07) is 11.5. The molecule has 0 aromatic heterocycles. The highest BCUT2D eigenvalue weighted by molar-refractivity contribution is 6.08. The summed E-state index contributed by atoms with van der Waals surface area (Å²) >= 11 is 0. The normalized spacial score (nSPS) is 12.4. The predicted molar refractivity (Wildman–Crippen MR) is 140 cm³/mol. The zero-order chi connectivity index (χ0) is 30.5. The van der Waals surface area contributed by atoms with Crippen LogP contribution >= 0.6 is 0 Å². The molecule has 12 heteroatoms. The predicted octanol–water partition coefficient (Wildman–Crippen LogP) is 5.02. The van der Waals surface area contributed by atoms with E-state index in [1.165, 1.54) is 32.9 Å². The molecular formula is C29H35F3O9. The van der Waals surface area contributed by atoms with Crippen molar-refractivity contribution in [2.24, 2.45) is 0 Å². The molecule has 1 atom stereocenters. The van der Waals surface area contributed by atoms with Crippen LogP contribution in [0, 0.1) is 0 Å². The monoisotopic (exact) mass is 584 g/mol. The molecule has 2 aromatic rings. The molecule has 1 N–H and O–H groups in total. The van der Waals surface area contributed by atoms with Crippen LogP contribution in [0.4, 0.5) is 13.2 Å². The Kier molecular flexibility index (Phi) is 13.1. The van der Waals surface area contributed by atoms with Gasteiger partial charge in [0.1, 0.15) is 11.5 Å². The molecule has 0 radical (unpaired) electrons. The molecule has 1 unspecified atom stereocenters. The summed E-state index contributed by atoms with van der Waals surface area (Å²) in [5.74, 6) is -3.40. The van der Waals surface area contributed by atoms with Crippen molar-refractivity contribution in [1.82, 2.24) is 0 Å². The molecule has 0 aliphatic heterocycles. The van der Waals surface area contributed by atoms with Gasteiger partial charge in [-0.15, -0.1) is 0 Å². The molecule has 2 aromatic carbocycles. The van der Waals surface area contributed by atoms with Gasteiger partial charge in [-0.1, -0.05) is 24.6 Å². The maximum atomic E-state index is 12.9. The Balaban J connectivity index is 1.91. The van der Waals surface area contributed by atoms with Gasteiger partial charge in [0, 0.05) is 6.61 Å². The molecular weight excluding hydrogens is 549 g/mol. The zero-order valence-corrected chi connectivity index (χ0v) is 23.2. The van der Waals surface area contributed by atoms with Gasteiger partial charge < -0.3 is 28.8 Å². The fraction of sp³-hybridized carbons (Fsp3) is 0.483. The van der Waals surface area contributed by atoms with E-state index < -0.39 is 41.4 Å². The molecule has 0 fully saturated rings. The number of hydrogen-bond donors (Lipinski definition) is 1. The average Bonchev–Trinajstić information content (AvgIpc) is 2.93. The third kappa shape index (κ3) is 9.75. The first-order valence-corrected chi connectivity index (χ1v) is 13.3. The number of rotatable bonds is 16. The van der Waals surface area contributed by atoms with Gasteiger partial charge in [-0.05, 0) is 75.9 Å². The van der Waals surface area contributed by atoms with E-state index in [0.29, 0.717) is 31.4 Å². The maximum Gasteiger partial charge on any atom is 0.416 e. The Labute approximate surface area is 236 Å². The highest BCUT2D eigenvalue weighted by Gasteiger charge is 2.59. The van der Waals surface area contributed by atoms with Crippen LogP contribution in [0.5, 0.6) is 11.5 Å². The van der Waals surface area contributed by atoms with Crippen LogP contribution in [0.15, 0.2) is 48.5 Å². The minimum Gasteiger partial charge on any atom is -0.464 e. The van der Waals surface area contributed by atoms with E-state index in [-0.39, 0.29) is 32.2 Å². The molecule has 9 nitrogen and oxygen atoms in total. The van der Waals surface area contributed by atoms with E-state index in [1.54, 1.807) is 24.3 Å². The first kappa shape index (κ1) is 33.6. The van der Waals surface area contributed by atoms with Crippen molar-refractivity contribution >= 4 is 17.9 Å². The molecule has 0 saturated heterocycles. The van der Waals surface area contributed by atoms with Crippen LogP contribution in [0.25, 0.3) is 0 Å². The van der Waals surface area contributed by atoms with Gasteiger partial charge in [-0.3, -0.25) is 0 Å². The second-order valence-corrected chi connectivity index (χ2v) is 8.79. The van der Waals surface area contributed by atoms with E-state index >= 15 is 0 Å². The summed E-state index contributed by atoms with van der Waals surface area (Å²) < 4.78 is 64.3. The molecule has 41 heavy (non-hydrogen) atoms. The quantitative estimate of drug-likeness (QED) is 0.126. The minimum atomic E-state index is -4.46. The van der Waals surface area contributed by atoms with Crippen molar-refractivity contribution < 1.29 is 56.3 Å². The number of esters is 3. The number of benzene rings is 2. The second-order valence-electron chi connectivity index (χ2n) is 8.79. The minimum absolute atomic E-state index is 0.0750. The fourth-order valence-electron chi connectivity index (χ4n) is 3.76. The molecule has 2 rings (SSSR count). The fourth-order valence-corrected chi connectivity index (χ4v) is 3.76. The molecule has 0 amide bonds. The van der Waals surface area contributed by atoms with Gasteiger partial charge >= 0.3 is 24.1 Å². The highest BCUT2D eigenvalue weighted by atomic mass is 19.4. The number of halogens is 3. The van der Waals surface area contributed by atoms with Gasteiger partial charge in [-0.2, -0.15) is 13.2 Å². The van der Waals surface area contributed by atoms with Crippen molar-refractivity contribution in [3.8, 4) is 11.5 Å². The highest BCUT2D eigenvalue weighted by Crippen LogP contribution is 2.32. The van der Waals surface area contributed by atoms with E-state index in [2.05, 4.69) is 0 Å². The van der Waals surface area contributed by atoms with Gasteiger partial charge in [0.25, 0.3) is 5.60 Å². The van der Waals surface area contributed by atoms with Crippen molar-refractivity contribution in [3.63, 3.8) is 0 Å². The number of alkyl halides is 3. The Morgan fingerprint density at radius 3 is 1.98 bits per heavy atom. The molecule has 226 valence electrons. The lowest BCUT2D eigenvalue weighted by atomic mass is 9.96. The Hall–Kier alpha value is -3.64. The molecule has 0 aliphatic carbocycles. The van der Waals surface area contributed by atoms with Crippen molar-refractivity contribution in [1.29, 1.82) is 0 Å². The summed E-state index contributed by atoms with van der Waals surface area (Å²) in [4.78, 5) is 37.5. The van der Waals surface area contributed by atoms with E-state index in [4.69, 9.17) is 23.7 Å². The molecule has 0 heterocycles. The van der Waals surface area contributed by atoms with Gasteiger partial charge in [-0.25, -0.2) is 14.4 Å². The lowest BCUT2D eigenvalue weighted by Crippen LogP contribution is -2.61. The topological polar surface area (TPSA) is 118 Å². The third-order valence-corrected chi connectivity index (χ3v) is 5.77. The number of hydrogen-bond acceptors (Lipinski definition) is 9. The molecule has 0 aliphatic rings. The lowest BCUT2D eigenvalue weighted by Gasteiger charge is -2.30. The van der Waals surface area contributed by atoms with Crippen LogP contribution in [0.2, 0.25) is 0 Å². The summed E-state index contributed by atoms with van der Waals surface area (Å²) in [7, 11) is 0. The zero-order valence-electron chi connectivity index (χ0n) is 23.2. The van der Waals surface area contributed by atoms with Crippen LogP contribution < -0.4 is 4.74 Å². The largest absolute Gasteiger partial charge is 0.464 e. The number of carbonyl (C=O) groups excluding carboxylic acids is 3. The van der Waals surface area contributed by atoms with E-state index in [0.717, 1.165) is 17.7 Å². The summed E-state index contributed by atoms with van der Waals surface area (Å²) in [5.41, 5.74) is -2.86. The summed E-state index contributed by atoms with van der Waals surface area (Å²) in [6.07, 6.45) is -4.01. The maximum absolute atomic E-state index is 12.9. The summed E-state index contributed by atoms with van der Waals surface area (Å²) in [5, 5.41) is 10.9. The SMILES string of the molecule is CCOC(=O)C(OCCCCCc1ccc(Oc2cccc(C(F)(F)F)c2)cc1)C(O)(C(=O)OCC)C(=O)OCC. The van der Waals surface area contributed by atoms with Crippen LogP contribution in [-0.4, -0.2) is 61.1 Å².